The number of hydrogen-bond acceptors (Lipinski definition) is 7. The van der Waals surface area contributed by atoms with E-state index in [1.807, 2.05) is 11.4 Å². The van der Waals surface area contributed by atoms with E-state index in [2.05, 4.69) is 20.3 Å². The Morgan fingerprint density at radius 3 is 2.86 bits per heavy atom. The minimum Gasteiger partial charge on any atom is -0.392 e. The summed E-state index contributed by atoms with van der Waals surface area (Å²) in [5.74, 6) is 1.43. The summed E-state index contributed by atoms with van der Waals surface area (Å²) in [6.07, 6.45) is 5.82. The number of hydrogen-bond donors (Lipinski definition) is 2. The maximum atomic E-state index is 10.2. The van der Waals surface area contributed by atoms with Gasteiger partial charge in [-0.2, -0.15) is 0 Å². The van der Waals surface area contributed by atoms with E-state index in [-0.39, 0.29) is 17.6 Å². The zero-order valence-electron chi connectivity index (χ0n) is 12.1. The van der Waals surface area contributed by atoms with Crippen molar-refractivity contribution < 1.29 is 9.84 Å². The van der Waals surface area contributed by atoms with Gasteiger partial charge in [-0.15, -0.1) is 11.3 Å². The highest BCUT2D eigenvalue weighted by Gasteiger charge is 2.54. The smallest absolute Gasteiger partial charge is 0.190 e. The van der Waals surface area contributed by atoms with Gasteiger partial charge in [-0.1, -0.05) is 0 Å². The third-order valence-electron chi connectivity index (χ3n) is 4.84. The van der Waals surface area contributed by atoms with Gasteiger partial charge in [0.15, 0.2) is 10.8 Å². The molecule has 4 rings (SSSR count). The lowest BCUT2D eigenvalue weighted by molar-refractivity contribution is -0.133. The van der Waals surface area contributed by atoms with Crippen molar-refractivity contribution in [1.29, 1.82) is 0 Å². The molecule has 2 fully saturated rings. The molecular formula is C15H18N4O2S. The highest BCUT2D eigenvalue weighted by Crippen LogP contribution is 2.50. The Balaban J connectivity index is 1.53. The summed E-state index contributed by atoms with van der Waals surface area (Å²) in [6.45, 7) is 1.45. The van der Waals surface area contributed by atoms with E-state index in [1.165, 1.54) is 11.3 Å². The van der Waals surface area contributed by atoms with Crippen LogP contribution in [0.1, 0.15) is 19.3 Å². The van der Waals surface area contributed by atoms with Crippen LogP contribution in [0.4, 0.5) is 5.82 Å². The van der Waals surface area contributed by atoms with Crippen molar-refractivity contribution in [2.24, 2.45) is 5.41 Å². The molecule has 1 spiro atoms. The molecule has 1 aliphatic heterocycles. The molecule has 6 nitrogen and oxygen atoms in total. The SMILES string of the molecule is O[C@@H]1C[C@@H](Nc2ccnc(-c3nccs3)n2)C12CCOCC2. The molecule has 1 aliphatic carbocycles. The summed E-state index contributed by atoms with van der Waals surface area (Å²) < 4.78 is 5.44. The topological polar surface area (TPSA) is 80.2 Å². The molecule has 0 aromatic carbocycles. The summed E-state index contributed by atoms with van der Waals surface area (Å²) >= 11 is 1.52. The molecule has 116 valence electrons. The van der Waals surface area contributed by atoms with Crippen LogP contribution in [0.5, 0.6) is 0 Å². The third-order valence-corrected chi connectivity index (χ3v) is 5.61. The zero-order chi connectivity index (χ0) is 15.0. The minimum atomic E-state index is -0.242. The Morgan fingerprint density at radius 1 is 1.27 bits per heavy atom. The van der Waals surface area contributed by atoms with Gasteiger partial charge in [0.2, 0.25) is 0 Å². The normalized spacial score (nSPS) is 26.6. The Hall–Kier alpha value is -1.57. The molecule has 3 heterocycles. The standard InChI is InChI=1S/C15H18N4O2S/c20-11-9-10(15(11)2-6-21-7-3-15)18-12-1-4-16-13(19-12)14-17-5-8-22-14/h1,4-5,8,10-11,20H,2-3,6-7,9H2,(H,16,18,19)/t10-,11-/m1/s1. The summed E-state index contributed by atoms with van der Waals surface area (Å²) in [6, 6.07) is 2.11. The zero-order valence-corrected chi connectivity index (χ0v) is 12.9. The van der Waals surface area contributed by atoms with Gasteiger partial charge in [0.05, 0.1) is 6.10 Å². The van der Waals surface area contributed by atoms with Crippen molar-refractivity contribution in [3.63, 3.8) is 0 Å². The maximum absolute atomic E-state index is 10.2. The molecule has 2 atom stereocenters. The van der Waals surface area contributed by atoms with Crippen LogP contribution in [0.25, 0.3) is 10.8 Å². The fourth-order valence-corrected chi connectivity index (χ4v) is 4.03. The molecule has 2 aliphatic rings. The molecule has 2 N–H and O–H groups in total. The highest BCUT2D eigenvalue weighted by atomic mass is 32.1. The number of nitrogens with zero attached hydrogens (tertiary/aromatic N) is 3. The molecule has 7 heteroatoms. The second-order valence-corrected chi connectivity index (χ2v) is 6.79. The van der Waals surface area contributed by atoms with Crippen LogP contribution in [0, 0.1) is 5.41 Å². The third kappa shape index (κ3) is 2.29. The average Bonchev–Trinajstić information content (AvgIpc) is 3.10. The van der Waals surface area contributed by atoms with E-state index < -0.39 is 0 Å². The first-order valence-electron chi connectivity index (χ1n) is 7.53. The quantitative estimate of drug-likeness (QED) is 0.900. The Labute approximate surface area is 132 Å². The molecule has 22 heavy (non-hydrogen) atoms. The largest absolute Gasteiger partial charge is 0.392 e. The second-order valence-electron chi connectivity index (χ2n) is 5.90. The molecule has 1 saturated heterocycles. The molecule has 0 radical (unpaired) electrons. The number of aliphatic hydroxyl groups is 1. The van der Waals surface area contributed by atoms with Crippen molar-refractivity contribution in [2.45, 2.75) is 31.4 Å². The molecule has 1 saturated carbocycles. The lowest BCUT2D eigenvalue weighted by Gasteiger charge is -2.55. The molecular weight excluding hydrogens is 300 g/mol. The van der Waals surface area contributed by atoms with Gasteiger partial charge >= 0.3 is 0 Å². The van der Waals surface area contributed by atoms with Crippen molar-refractivity contribution in [1.82, 2.24) is 15.0 Å². The number of ether oxygens (including phenoxy) is 1. The Morgan fingerprint density at radius 2 is 2.14 bits per heavy atom. The fourth-order valence-electron chi connectivity index (χ4n) is 3.45. The summed E-state index contributed by atoms with van der Waals surface area (Å²) in [5.41, 5.74) is -0.0649. The first-order chi connectivity index (χ1) is 10.8. The van der Waals surface area contributed by atoms with E-state index in [4.69, 9.17) is 4.74 Å². The van der Waals surface area contributed by atoms with Gasteiger partial charge < -0.3 is 15.2 Å². The maximum Gasteiger partial charge on any atom is 0.190 e. The van der Waals surface area contributed by atoms with Crippen LogP contribution in [0.3, 0.4) is 0 Å². The minimum absolute atomic E-state index is 0.0649. The number of rotatable bonds is 3. The van der Waals surface area contributed by atoms with E-state index in [0.717, 1.165) is 43.3 Å². The van der Waals surface area contributed by atoms with Gasteiger partial charge in [0, 0.05) is 42.4 Å². The van der Waals surface area contributed by atoms with E-state index in [9.17, 15) is 5.11 Å². The number of thiazole rings is 1. The molecule has 2 aromatic heterocycles. The number of aromatic nitrogens is 3. The lowest BCUT2D eigenvalue weighted by atomic mass is 9.58. The van der Waals surface area contributed by atoms with E-state index in [1.54, 1.807) is 12.4 Å². The van der Waals surface area contributed by atoms with Crippen LogP contribution >= 0.6 is 11.3 Å². The molecule has 0 amide bonds. The summed E-state index contributed by atoms with van der Waals surface area (Å²) in [5, 5.41) is 16.5. The highest BCUT2D eigenvalue weighted by molar-refractivity contribution is 7.12. The van der Waals surface area contributed by atoms with Crippen molar-refractivity contribution >= 4 is 17.2 Å². The van der Waals surface area contributed by atoms with E-state index >= 15 is 0 Å². The first kappa shape index (κ1) is 14.0. The van der Waals surface area contributed by atoms with Gasteiger partial charge in [0.25, 0.3) is 0 Å². The Bertz CT molecular complexity index is 643. The van der Waals surface area contributed by atoms with Crippen LogP contribution in [-0.2, 0) is 4.74 Å². The van der Waals surface area contributed by atoms with E-state index in [0.29, 0.717) is 5.82 Å². The summed E-state index contributed by atoms with van der Waals surface area (Å²) in [4.78, 5) is 13.1. The second kappa shape index (κ2) is 5.57. The van der Waals surface area contributed by atoms with Crippen LogP contribution in [0.2, 0.25) is 0 Å². The predicted molar refractivity (Wildman–Crippen MR) is 83.7 cm³/mol. The van der Waals surface area contributed by atoms with Crippen LogP contribution in [0.15, 0.2) is 23.8 Å². The van der Waals surface area contributed by atoms with Crippen molar-refractivity contribution in [3.05, 3.63) is 23.8 Å². The number of nitrogens with one attached hydrogen (secondary N) is 1. The summed E-state index contributed by atoms with van der Waals surface area (Å²) in [7, 11) is 0. The van der Waals surface area contributed by atoms with Gasteiger partial charge in [-0.3, -0.25) is 0 Å². The number of aliphatic hydroxyl groups excluding tert-OH is 1. The average molecular weight is 318 g/mol. The predicted octanol–water partition coefficient (Wildman–Crippen LogP) is 1.94. The fraction of sp³-hybridized carbons (Fsp3) is 0.533. The van der Waals surface area contributed by atoms with Crippen molar-refractivity contribution in [3.8, 4) is 10.8 Å². The van der Waals surface area contributed by atoms with Gasteiger partial charge in [-0.05, 0) is 25.3 Å². The van der Waals surface area contributed by atoms with Gasteiger partial charge in [0.1, 0.15) is 5.82 Å². The molecule has 0 bridgehead atoms. The Kier molecular flexibility index (Phi) is 3.56. The molecule has 2 aromatic rings. The molecule has 0 unspecified atom stereocenters. The van der Waals surface area contributed by atoms with Crippen LogP contribution in [-0.4, -0.2) is 45.4 Å². The number of anilines is 1. The first-order valence-corrected chi connectivity index (χ1v) is 8.41. The van der Waals surface area contributed by atoms with Gasteiger partial charge in [-0.25, -0.2) is 15.0 Å². The van der Waals surface area contributed by atoms with Crippen LogP contribution < -0.4 is 5.32 Å². The monoisotopic (exact) mass is 318 g/mol. The van der Waals surface area contributed by atoms with Crippen molar-refractivity contribution in [2.75, 3.05) is 18.5 Å². The lowest BCUT2D eigenvalue weighted by Crippen LogP contribution is -2.62.